The van der Waals surface area contributed by atoms with E-state index in [1.54, 1.807) is 0 Å². The third kappa shape index (κ3) is 7.81. The fourth-order valence-corrected chi connectivity index (χ4v) is 7.51. The lowest BCUT2D eigenvalue weighted by Gasteiger charge is -2.29. The maximum Gasteiger partial charge on any atom is 0.407 e. The van der Waals surface area contributed by atoms with Crippen molar-refractivity contribution in [3.63, 3.8) is 0 Å². The summed E-state index contributed by atoms with van der Waals surface area (Å²) in [4.78, 5) is 59.3. The maximum atomic E-state index is 13.6. The molecule has 55 heavy (non-hydrogen) atoms. The highest BCUT2D eigenvalue weighted by Gasteiger charge is 2.37. The molecular weight excluding hydrogens is 693 g/mol. The van der Waals surface area contributed by atoms with E-state index in [1.807, 2.05) is 87.1 Å². The van der Waals surface area contributed by atoms with Crippen LogP contribution in [-0.4, -0.2) is 81.4 Å². The van der Waals surface area contributed by atoms with E-state index in [-0.39, 0.29) is 29.8 Å². The van der Waals surface area contributed by atoms with Crippen molar-refractivity contribution in [2.45, 2.75) is 57.8 Å². The van der Waals surface area contributed by atoms with Gasteiger partial charge in [-0.15, -0.1) is 0 Å². The summed E-state index contributed by atoms with van der Waals surface area (Å²) < 4.78 is 4.77. The Labute approximate surface area is 320 Å². The summed E-state index contributed by atoms with van der Waals surface area (Å²) >= 11 is 0. The first kappa shape index (κ1) is 37.3. The summed E-state index contributed by atoms with van der Waals surface area (Å²) in [5.74, 6) is 1.12. The number of hydrogen-bond acceptors (Lipinski definition) is 7. The summed E-state index contributed by atoms with van der Waals surface area (Å²) in [5, 5.41) is 5.85. The number of nitrogens with one attached hydrogen (secondary N) is 4. The Balaban J connectivity index is 1.05. The number of amides is 3. The Bertz CT molecular complexity index is 2310. The van der Waals surface area contributed by atoms with E-state index in [9.17, 15) is 14.4 Å². The average Bonchev–Trinajstić information content (AvgIpc) is 3.95. The smallest absolute Gasteiger partial charge is 0.407 e. The molecule has 6 aromatic rings. The number of H-pyrrole nitrogens is 2. The van der Waals surface area contributed by atoms with Crippen molar-refractivity contribution in [2.24, 2.45) is 5.92 Å². The quantitative estimate of drug-likeness (QED) is 0.109. The molecular formula is C43H48N8O4. The minimum Gasteiger partial charge on any atom is -0.453 e. The number of imidazole rings is 2. The van der Waals surface area contributed by atoms with Crippen molar-refractivity contribution in [3.8, 4) is 22.3 Å². The van der Waals surface area contributed by atoms with Gasteiger partial charge < -0.3 is 30.2 Å². The number of ether oxygens (including phenoxy) is 1. The SMILES string of the molecule is COC(=O)NC(C(=O)N1CCCC1c1nc2ccc(-c3ccc(-c4ccc5nc(C(C)NC(=O)C(c6ccccc6)N(C)C)[nH]c5c4)cc3)cc2[nH]1)C(C)C. The van der Waals surface area contributed by atoms with Crippen LogP contribution in [0.5, 0.6) is 0 Å². The third-order valence-corrected chi connectivity index (χ3v) is 10.4. The van der Waals surface area contributed by atoms with Gasteiger partial charge in [0.1, 0.15) is 23.7 Å². The molecule has 0 saturated carbocycles. The molecule has 12 heteroatoms. The van der Waals surface area contributed by atoms with Crippen LogP contribution in [0.2, 0.25) is 0 Å². The van der Waals surface area contributed by atoms with Crippen molar-refractivity contribution < 1.29 is 19.1 Å². The minimum absolute atomic E-state index is 0.0874. The molecule has 0 spiro atoms. The third-order valence-electron chi connectivity index (χ3n) is 10.4. The van der Waals surface area contributed by atoms with Crippen LogP contribution in [0.15, 0.2) is 91.0 Å². The van der Waals surface area contributed by atoms with Crippen LogP contribution < -0.4 is 10.6 Å². The summed E-state index contributed by atoms with van der Waals surface area (Å²) in [6.45, 7) is 6.36. The lowest BCUT2D eigenvalue weighted by molar-refractivity contribution is -0.135. The van der Waals surface area contributed by atoms with Gasteiger partial charge in [0, 0.05) is 6.54 Å². The number of alkyl carbamates (subject to hydrolysis) is 1. The highest BCUT2D eigenvalue weighted by molar-refractivity contribution is 5.88. The molecule has 1 saturated heterocycles. The summed E-state index contributed by atoms with van der Waals surface area (Å²) in [6.07, 6.45) is 1.02. The van der Waals surface area contributed by atoms with E-state index in [2.05, 4.69) is 69.1 Å². The number of likely N-dealkylation sites (tertiary alicyclic amines) is 1. The molecule has 1 aliphatic heterocycles. The van der Waals surface area contributed by atoms with Gasteiger partial charge in [-0.1, -0.05) is 80.6 Å². The fraction of sp³-hybridized carbons (Fsp3) is 0.326. The zero-order chi connectivity index (χ0) is 38.8. The first-order chi connectivity index (χ1) is 26.5. The number of nitrogens with zero attached hydrogens (tertiary/aromatic N) is 4. The molecule has 4 unspecified atom stereocenters. The second-order valence-corrected chi connectivity index (χ2v) is 14.8. The van der Waals surface area contributed by atoms with Gasteiger partial charge in [-0.25, -0.2) is 14.8 Å². The molecule has 3 amide bonds. The highest BCUT2D eigenvalue weighted by atomic mass is 16.5. The Hall–Kier alpha value is -6.01. The van der Waals surface area contributed by atoms with Crippen molar-refractivity contribution in [1.82, 2.24) is 40.4 Å². The monoisotopic (exact) mass is 740 g/mol. The zero-order valence-corrected chi connectivity index (χ0v) is 32.1. The number of methoxy groups -OCH3 is 1. The topological polar surface area (TPSA) is 148 Å². The number of aromatic amines is 2. The van der Waals surface area contributed by atoms with Gasteiger partial charge in [0.05, 0.1) is 41.3 Å². The van der Waals surface area contributed by atoms with Crippen molar-refractivity contribution >= 4 is 40.0 Å². The number of hydrogen-bond donors (Lipinski definition) is 4. The number of benzene rings is 4. The number of rotatable bonds is 11. The second-order valence-electron chi connectivity index (χ2n) is 14.8. The normalized spacial score (nSPS) is 16.1. The first-order valence-electron chi connectivity index (χ1n) is 18.8. The van der Waals surface area contributed by atoms with Crippen molar-refractivity contribution in [2.75, 3.05) is 27.7 Å². The molecule has 4 N–H and O–H groups in total. The maximum absolute atomic E-state index is 13.6. The average molecular weight is 741 g/mol. The Morgan fingerprint density at radius 2 is 1.40 bits per heavy atom. The van der Waals surface area contributed by atoms with E-state index in [0.29, 0.717) is 12.4 Å². The molecule has 7 rings (SSSR count). The molecule has 4 aromatic carbocycles. The molecule has 1 aliphatic rings. The highest BCUT2D eigenvalue weighted by Crippen LogP contribution is 2.34. The van der Waals surface area contributed by atoms with E-state index in [0.717, 1.165) is 68.6 Å². The molecule has 0 bridgehead atoms. The molecule has 3 heterocycles. The van der Waals surface area contributed by atoms with Gasteiger partial charge in [-0.3, -0.25) is 14.5 Å². The minimum atomic E-state index is -0.685. The molecule has 0 radical (unpaired) electrons. The van der Waals surface area contributed by atoms with E-state index >= 15 is 0 Å². The van der Waals surface area contributed by atoms with Gasteiger partial charge >= 0.3 is 6.09 Å². The first-order valence-corrected chi connectivity index (χ1v) is 18.8. The molecule has 12 nitrogen and oxygen atoms in total. The summed E-state index contributed by atoms with van der Waals surface area (Å²) in [6, 6.07) is 28.9. The van der Waals surface area contributed by atoms with Crippen LogP contribution in [-0.2, 0) is 14.3 Å². The van der Waals surface area contributed by atoms with Crippen molar-refractivity contribution in [3.05, 3.63) is 108 Å². The number of aromatic nitrogens is 4. The molecule has 2 aromatic heterocycles. The number of fused-ring (bicyclic) bond motifs is 2. The summed E-state index contributed by atoms with van der Waals surface area (Å²) in [7, 11) is 5.10. The van der Waals surface area contributed by atoms with Crippen LogP contribution in [0.4, 0.5) is 4.79 Å². The lowest BCUT2D eigenvalue weighted by Crippen LogP contribution is -2.51. The number of carbonyl (C=O) groups excluding carboxylic acids is 3. The number of carbonyl (C=O) groups is 3. The Kier molecular flexibility index (Phi) is 10.7. The predicted octanol–water partition coefficient (Wildman–Crippen LogP) is 7.30. The Morgan fingerprint density at radius 1 is 0.800 bits per heavy atom. The van der Waals surface area contributed by atoms with Gasteiger partial charge in [-0.2, -0.15) is 0 Å². The standard InChI is InChI=1S/C43H48N8O4/c1-25(2)37(49-43(54)55-6)42(53)51-22-10-13-36(51)40-46-33-21-19-31(24-35(33)48-40)28-16-14-27(15-17-28)30-18-20-32-34(23-30)47-39(45-32)26(3)44-41(52)38(50(4)5)29-11-8-7-9-12-29/h7-9,11-12,14-21,23-26,36-38H,10,13,22H2,1-6H3,(H,44,52)(H,45,47)(H,46,48)(H,49,54). The van der Waals surface area contributed by atoms with Crippen LogP contribution >= 0.6 is 0 Å². The Morgan fingerprint density at radius 3 is 2.00 bits per heavy atom. The molecule has 284 valence electrons. The van der Waals surface area contributed by atoms with Gasteiger partial charge in [0.25, 0.3) is 0 Å². The molecule has 0 aliphatic carbocycles. The van der Waals surface area contributed by atoms with E-state index in [1.165, 1.54) is 7.11 Å². The molecule has 1 fully saturated rings. The van der Waals surface area contributed by atoms with E-state index < -0.39 is 18.2 Å². The van der Waals surface area contributed by atoms with Gasteiger partial charge in [0.2, 0.25) is 11.8 Å². The lowest BCUT2D eigenvalue weighted by atomic mass is 10.00. The van der Waals surface area contributed by atoms with Gasteiger partial charge in [-0.05, 0) is 91.9 Å². The van der Waals surface area contributed by atoms with Crippen LogP contribution in [0, 0.1) is 5.92 Å². The van der Waals surface area contributed by atoms with Crippen LogP contribution in [0.3, 0.4) is 0 Å². The van der Waals surface area contributed by atoms with Gasteiger partial charge in [0.15, 0.2) is 0 Å². The zero-order valence-electron chi connectivity index (χ0n) is 32.1. The second kappa shape index (κ2) is 15.8. The van der Waals surface area contributed by atoms with E-state index in [4.69, 9.17) is 14.7 Å². The summed E-state index contributed by atoms with van der Waals surface area (Å²) in [5.41, 5.74) is 8.61. The predicted molar refractivity (Wildman–Crippen MR) is 214 cm³/mol. The fourth-order valence-electron chi connectivity index (χ4n) is 7.51. The van der Waals surface area contributed by atoms with Crippen LogP contribution in [0.1, 0.15) is 69.0 Å². The largest absolute Gasteiger partial charge is 0.453 e. The van der Waals surface area contributed by atoms with Crippen molar-refractivity contribution in [1.29, 1.82) is 0 Å². The van der Waals surface area contributed by atoms with Crippen LogP contribution in [0.25, 0.3) is 44.3 Å². The number of likely N-dealkylation sites (N-methyl/N-ethyl adjacent to an activating group) is 1. The molecule has 4 atom stereocenters.